The molecular formula is C10N8. The number of fused-ring (bicyclic) bond motifs is 1. The Morgan fingerprint density at radius 2 is 0.889 bits per heavy atom. The highest BCUT2D eigenvalue weighted by Gasteiger charge is 2.21. The summed E-state index contributed by atoms with van der Waals surface area (Å²) in [5.74, 6) is 0. The molecule has 2 rings (SSSR count). The van der Waals surface area contributed by atoms with Crippen LogP contribution in [0, 0.1) is 45.3 Å². The van der Waals surface area contributed by atoms with Crippen LogP contribution in [0.4, 0.5) is 0 Å². The van der Waals surface area contributed by atoms with Gasteiger partial charge in [0.25, 0.3) is 0 Å². The van der Waals surface area contributed by atoms with Crippen LogP contribution in [0.3, 0.4) is 0 Å². The molecule has 0 fully saturated rings. The molecule has 0 spiro atoms. The quantitative estimate of drug-likeness (QED) is 0.611. The van der Waals surface area contributed by atoms with Crippen LogP contribution in [0.15, 0.2) is 0 Å². The monoisotopic (exact) mass is 232 g/mol. The van der Waals surface area contributed by atoms with Crippen LogP contribution in [0.5, 0.6) is 0 Å². The summed E-state index contributed by atoms with van der Waals surface area (Å²) in [5.41, 5.74) is -0.701. The van der Waals surface area contributed by atoms with Crippen LogP contribution in [0.2, 0.25) is 0 Å². The lowest BCUT2D eigenvalue weighted by atomic mass is 9.96. The van der Waals surface area contributed by atoms with Gasteiger partial charge in [-0.2, -0.15) is 21.0 Å². The van der Waals surface area contributed by atoms with Gasteiger partial charge in [0.2, 0.25) is 0 Å². The van der Waals surface area contributed by atoms with E-state index in [1.54, 1.807) is 24.3 Å². The molecule has 2 aromatic rings. The fourth-order valence-corrected chi connectivity index (χ4v) is 1.49. The van der Waals surface area contributed by atoms with Crippen molar-refractivity contribution >= 4 is 11.0 Å². The summed E-state index contributed by atoms with van der Waals surface area (Å²) >= 11 is 0. The molecule has 0 amide bonds. The van der Waals surface area contributed by atoms with Crippen molar-refractivity contribution in [3.05, 3.63) is 22.3 Å². The molecule has 0 atom stereocenters. The minimum atomic E-state index is -0.202. The van der Waals surface area contributed by atoms with Crippen LogP contribution in [0.25, 0.3) is 11.0 Å². The summed E-state index contributed by atoms with van der Waals surface area (Å²) in [6.45, 7) is 0. The molecule has 8 nitrogen and oxygen atoms in total. The van der Waals surface area contributed by atoms with Crippen molar-refractivity contribution in [3.8, 4) is 24.3 Å². The van der Waals surface area contributed by atoms with Crippen LogP contribution in [-0.2, 0) is 0 Å². The van der Waals surface area contributed by atoms with Crippen molar-refractivity contribution in [2.45, 2.75) is 0 Å². The largest absolute Gasteiger partial charge is 0.192 e. The van der Waals surface area contributed by atoms with Crippen LogP contribution in [0.1, 0.15) is 22.3 Å². The summed E-state index contributed by atoms with van der Waals surface area (Å²) in [5, 5.41) is 49.7. The van der Waals surface area contributed by atoms with E-state index < -0.39 is 0 Å². The van der Waals surface area contributed by atoms with Gasteiger partial charge < -0.3 is 0 Å². The molecule has 0 saturated carbocycles. The number of hydrogen-bond acceptors (Lipinski definition) is 8. The number of rotatable bonds is 0. The zero-order valence-corrected chi connectivity index (χ0v) is 8.58. The summed E-state index contributed by atoms with van der Waals surface area (Å²) in [7, 11) is 0. The Kier molecular flexibility index (Phi) is 2.48. The molecule has 8 heteroatoms. The van der Waals surface area contributed by atoms with E-state index in [2.05, 4.69) is 20.6 Å². The van der Waals surface area contributed by atoms with Gasteiger partial charge in [-0.25, -0.2) is 0 Å². The number of benzene rings is 1. The molecule has 1 aromatic heterocycles. The van der Waals surface area contributed by atoms with Gasteiger partial charge in [0, 0.05) is 0 Å². The molecule has 0 saturated heterocycles. The van der Waals surface area contributed by atoms with Crippen LogP contribution >= 0.6 is 0 Å². The zero-order chi connectivity index (χ0) is 13.1. The predicted molar refractivity (Wildman–Crippen MR) is 54.0 cm³/mol. The fourth-order valence-electron chi connectivity index (χ4n) is 1.49. The van der Waals surface area contributed by atoms with Gasteiger partial charge in [-0.3, -0.25) is 0 Å². The Bertz CT molecular complexity index is 754. The molecule has 1 heterocycles. The standard InChI is InChI=1S/C10N8/c11-1-5-6(2-12)8(4-14)10-9(7(5)3-13)15-17-18-16-10. The average molecular weight is 232 g/mol. The molecule has 0 radical (unpaired) electrons. The molecule has 0 aliphatic rings. The first-order chi connectivity index (χ1) is 8.78. The van der Waals surface area contributed by atoms with Gasteiger partial charge >= 0.3 is 0 Å². The first-order valence-corrected chi connectivity index (χ1v) is 4.44. The van der Waals surface area contributed by atoms with Crippen molar-refractivity contribution < 1.29 is 0 Å². The number of hydrogen-bond donors (Lipinski definition) is 0. The second kappa shape index (κ2) is 4.09. The van der Waals surface area contributed by atoms with E-state index >= 15 is 0 Å². The lowest BCUT2D eigenvalue weighted by Gasteiger charge is -2.03. The predicted octanol–water partition coefficient (Wildman–Crippen LogP) is -0.0935. The Morgan fingerprint density at radius 1 is 0.556 bits per heavy atom. The molecule has 0 aliphatic heterocycles. The third-order valence-electron chi connectivity index (χ3n) is 2.22. The summed E-state index contributed by atoms with van der Waals surface area (Å²) in [4.78, 5) is 0. The van der Waals surface area contributed by atoms with E-state index in [0.717, 1.165) is 0 Å². The van der Waals surface area contributed by atoms with E-state index in [9.17, 15) is 0 Å². The first kappa shape index (κ1) is 10.9. The molecule has 0 bridgehead atoms. The van der Waals surface area contributed by atoms with E-state index in [0.29, 0.717) is 0 Å². The van der Waals surface area contributed by atoms with Crippen molar-refractivity contribution in [2.24, 2.45) is 0 Å². The van der Waals surface area contributed by atoms with E-state index in [-0.39, 0.29) is 33.3 Å². The molecule has 0 N–H and O–H groups in total. The highest BCUT2D eigenvalue weighted by molar-refractivity contribution is 5.90. The van der Waals surface area contributed by atoms with Gasteiger partial charge in [0.15, 0.2) is 0 Å². The maximum absolute atomic E-state index is 9.02. The van der Waals surface area contributed by atoms with Crippen LogP contribution < -0.4 is 0 Å². The normalized spacial score (nSPS) is 8.89. The Labute approximate surface area is 99.9 Å². The first-order valence-electron chi connectivity index (χ1n) is 4.44. The number of aromatic nitrogens is 4. The molecule has 0 unspecified atom stereocenters. The van der Waals surface area contributed by atoms with Crippen molar-refractivity contribution in [2.75, 3.05) is 0 Å². The topological polar surface area (TPSA) is 147 Å². The van der Waals surface area contributed by atoms with Crippen LogP contribution in [-0.4, -0.2) is 20.6 Å². The molecule has 18 heavy (non-hydrogen) atoms. The number of nitriles is 4. The highest BCUT2D eigenvalue weighted by Crippen LogP contribution is 2.25. The smallest absolute Gasteiger partial charge is 0.136 e. The fraction of sp³-hybridized carbons (Fsp3) is 0. The second-order valence-electron chi connectivity index (χ2n) is 3.02. The molecule has 80 valence electrons. The number of nitrogens with zero attached hydrogens (tertiary/aromatic N) is 8. The summed E-state index contributed by atoms with van der Waals surface area (Å²) < 4.78 is 0. The summed E-state index contributed by atoms with van der Waals surface area (Å²) in [6.07, 6.45) is 0. The zero-order valence-electron chi connectivity index (χ0n) is 8.58. The summed E-state index contributed by atoms with van der Waals surface area (Å²) in [6, 6.07) is 6.97. The molecule has 0 aliphatic carbocycles. The van der Waals surface area contributed by atoms with Gasteiger partial charge in [-0.05, 0) is 10.4 Å². The molecular weight excluding hydrogens is 232 g/mol. The van der Waals surface area contributed by atoms with Gasteiger partial charge in [-0.15, -0.1) is 10.2 Å². The SMILES string of the molecule is N#Cc1c(C#N)c(C#N)c2nnnnc2c1C#N. The minimum absolute atomic E-state index is 0.0143. The third-order valence-corrected chi connectivity index (χ3v) is 2.22. The van der Waals surface area contributed by atoms with Gasteiger partial charge in [0.05, 0.1) is 11.1 Å². The van der Waals surface area contributed by atoms with Gasteiger partial charge in [-0.1, -0.05) is 0 Å². The van der Waals surface area contributed by atoms with E-state index in [1.165, 1.54) is 0 Å². The minimum Gasteiger partial charge on any atom is -0.192 e. The Hall–Kier alpha value is -3.62. The van der Waals surface area contributed by atoms with E-state index in [4.69, 9.17) is 21.0 Å². The Balaban J connectivity index is 3.20. The lowest BCUT2D eigenvalue weighted by Crippen LogP contribution is -2.03. The van der Waals surface area contributed by atoms with Crippen molar-refractivity contribution in [1.29, 1.82) is 21.0 Å². The molecule has 1 aromatic carbocycles. The maximum Gasteiger partial charge on any atom is 0.136 e. The van der Waals surface area contributed by atoms with E-state index in [1.807, 2.05) is 0 Å². The Morgan fingerprint density at radius 3 is 1.17 bits per heavy atom. The van der Waals surface area contributed by atoms with Crippen molar-refractivity contribution in [3.63, 3.8) is 0 Å². The average Bonchev–Trinajstić information content (AvgIpc) is 2.44. The highest BCUT2D eigenvalue weighted by atomic mass is 15.4. The third kappa shape index (κ3) is 1.28. The lowest BCUT2D eigenvalue weighted by molar-refractivity contribution is 0.795. The van der Waals surface area contributed by atoms with Gasteiger partial charge in [0.1, 0.15) is 46.4 Å². The van der Waals surface area contributed by atoms with Crippen molar-refractivity contribution in [1.82, 2.24) is 20.6 Å². The second-order valence-corrected chi connectivity index (χ2v) is 3.02. The maximum atomic E-state index is 9.02.